The number of nitrogen functional groups attached to an aromatic ring is 1. The Morgan fingerprint density at radius 3 is 2.51 bits per heavy atom. The van der Waals surface area contributed by atoms with Crippen molar-refractivity contribution in [1.29, 1.82) is 5.26 Å². The number of anilines is 2. The fraction of sp³-hybridized carbons (Fsp3) is 0.129. The molecule has 41 heavy (non-hydrogen) atoms. The second-order valence-corrected chi connectivity index (χ2v) is 9.65. The van der Waals surface area contributed by atoms with E-state index in [4.69, 9.17) is 10.5 Å². The highest BCUT2D eigenvalue weighted by Crippen LogP contribution is 2.44. The zero-order valence-electron chi connectivity index (χ0n) is 22.9. The first-order valence-corrected chi connectivity index (χ1v) is 12.6. The molecule has 9 nitrogen and oxygen atoms in total. The number of amides is 1. The number of carbonyl (C=O) groups is 1. The maximum Gasteiger partial charge on any atom is 0.322 e. The fourth-order valence-electron chi connectivity index (χ4n) is 4.71. The van der Waals surface area contributed by atoms with E-state index >= 15 is 0 Å². The van der Waals surface area contributed by atoms with Crippen molar-refractivity contribution >= 4 is 28.3 Å². The normalized spacial score (nSPS) is 10.8. The third-order valence-corrected chi connectivity index (χ3v) is 6.74. The molecule has 0 aliphatic heterocycles. The number of nitrogens with two attached hydrogens (primary N) is 1. The Morgan fingerprint density at radius 2 is 1.88 bits per heavy atom. The van der Waals surface area contributed by atoms with E-state index in [1.807, 2.05) is 48.9 Å². The van der Waals surface area contributed by atoms with Crippen LogP contribution < -0.4 is 15.8 Å². The molecule has 0 spiro atoms. The summed E-state index contributed by atoms with van der Waals surface area (Å²) in [6.45, 7) is 8.82. The minimum atomic E-state index is -0.513. The Balaban J connectivity index is 1.66. The van der Waals surface area contributed by atoms with E-state index in [2.05, 4.69) is 32.9 Å². The van der Waals surface area contributed by atoms with Gasteiger partial charge in [0.15, 0.2) is 5.82 Å². The van der Waals surface area contributed by atoms with Crippen LogP contribution in [0, 0.1) is 31.0 Å². The minimum absolute atomic E-state index is 0.0315. The van der Waals surface area contributed by atoms with Gasteiger partial charge in [-0.3, -0.25) is 4.79 Å². The van der Waals surface area contributed by atoms with E-state index in [0.29, 0.717) is 33.5 Å². The van der Waals surface area contributed by atoms with Gasteiger partial charge in [0.1, 0.15) is 17.6 Å². The van der Waals surface area contributed by atoms with Gasteiger partial charge in [-0.15, -0.1) is 0 Å². The molecule has 0 aliphatic carbocycles. The van der Waals surface area contributed by atoms with Gasteiger partial charge in [0.25, 0.3) is 5.91 Å². The van der Waals surface area contributed by atoms with Crippen LogP contribution in [0.5, 0.6) is 11.8 Å². The smallest absolute Gasteiger partial charge is 0.322 e. The second-order valence-electron chi connectivity index (χ2n) is 9.65. The van der Waals surface area contributed by atoms with Gasteiger partial charge in [0.2, 0.25) is 0 Å². The Bertz CT molecular complexity index is 1900. The van der Waals surface area contributed by atoms with E-state index in [9.17, 15) is 14.4 Å². The Labute approximate surface area is 235 Å². The molecule has 0 aliphatic rings. The first-order chi connectivity index (χ1) is 19.6. The zero-order valence-corrected chi connectivity index (χ0v) is 22.9. The molecule has 5 rings (SSSR count). The standard InChI is InChI=1S/C31H26FN7O2/c1-16(2)30(40)38-21-8-11-23(17(3)12-21)28-25(26-27(39(28)5)20(13-33)14-35-29(26)34)19-6-9-22(10-7-19)41-31-36-15-24(32)18(4)37-31/h6-12,14-15H,1H2,2-5H3,(H2,34,35)(H,38,40). The summed E-state index contributed by atoms with van der Waals surface area (Å²) >= 11 is 0. The number of halogens is 1. The topological polar surface area (TPSA) is 132 Å². The summed E-state index contributed by atoms with van der Waals surface area (Å²) in [5, 5.41) is 13.4. The van der Waals surface area contributed by atoms with Crippen LogP contribution in [0.4, 0.5) is 15.9 Å². The van der Waals surface area contributed by atoms with Gasteiger partial charge < -0.3 is 20.4 Å². The summed E-state index contributed by atoms with van der Waals surface area (Å²) < 4.78 is 21.2. The van der Waals surface area contributed by atoms with Crippen molar-refractivity contribution in [3.05, 3.63) is 89.6 Å². The van der Waals surface area contributed by atoms with Gasteiger partial charge in [0, 0.05) is 35.6 Å². The molecule has 1 amide bonds. The molecule has 10 heteroatoms. The molecule has 5 aromatic rings. The number of rotatable bonds is 6. The SMILES string of the molecule is C=C(C)C(=O)Nc1ccc(-c2c(-c3ccc(Oc4ncc(F)c(C)n4)cc3)c3c(N)ncc(C#N)c3n2C)c(C)c1. The predicted molar refractivity (Wildman–Crippen MR) is 156 cm³/mol. The number of carbonyl (C=O) groups excluding carboxylic acids is 1. The van der Waals surface area contributed by atoms with Gasteiger partial charge in [-0.1, -0.05) is 24.8 Å². The lowest BCUT2D eigenvalue weighted by Gasteiger charge is -2.14. The molecule has 204 valence electrons. The molecule has 0 radical (unpaired) electrons. The molecule has 3 N–H and O–H groups in total. The average Bonchev–Trinajstić information content (AvgIpc) is 3.25. The number of hydrogen-bond acceptors (Lipinski definition) is 7. The highest BCUT2D eigenvalue weighted by molar-refractivity contribution is 6.11. The molecule has 0 fully saturated rings. The third kappa shape index (κ3) is 4.96. The Morgan fingerprint density at radius 1 is 1.15 bits per heavy atom. The van der Waals surface area contributed by atoms with Gasteiger partial charge >= 0.3 is 6.01 Å². The predicted octanol–water partition coefficient (Wildman–Crippen LogP) is 6.21. The summed E-state index contributed by atoms with van der Waals surface area (Å²) in [5.41, 5.74) is 12.9. The maximum atomic E-state index is 13.6. The van der Waals surface area contributed by atoms with Gasteiger partial charge in [-0.05, 0) is 56.2 Å². The van der Waals surface area contributed by atoms with Crippen LogP contribution in [0.15, 0.2) is 67.0 Å². The lowest BCUT2D eigenvalue weighted by molar-refractivity contribution is -0.112. The van der Waals surface area contributed by atoms with Crippen molar-refractivity contribution in [2.75, 3.05) is 11.1 Å². The highest BCUT2D eigenvalue weighted by atomic mass is 19.1. The van der Waals surface area contributed by atoms with Gasteiger partial charge in [0.05, 0.1) is 34.1 Å². The Hall–Kier alpha value is -5.56. The van der Waals surface area contributed by atoms with Crippen LogP contribution in [0.25, 0.3) is 33.3 Å². The van der Waals surface area contributed by atoms with Crippen molar-refractivity contribution < 1.29 is 13.9 Å². The van der Waals surface area contributed by atoms with Crippen LogP contribution in [-0.2, 0) is 11.8 Å². The summed E-state index contributed by atoms with van der Waals surface area (Å²) in [6, 6.07) is 15.1. The average molecular weight is 548 g/mol. The minimum Gasteiger partial charge on any atom is -0.424 e. The van der Waals surface area contributed by atoms with Gasteiger partial charge in [-0.2, -0.15) is 10.2 Å². The number of aromatic nitrogens is 4. The number of ether oxygens (including phenoxy) is 1. The van der Waals surface area contributed by atoms with Gasteiger partial charge in [-0.25, -0.2) is 14.4 Å². The first-order valence-electron chi connectivity index (χ1n) is 12.6. The largest absolute Gasteiger partial charge is 0.424 e. The van der Waals surface area contributed by atoms with E-state index in [1.54, 1.807) is 19.1 Å². The fourth-order valence-corrected chi connectivity index (χ4v) is 4.71. The van der Waals surface area contributed by atoms with Crippen molar-refractivity contribution in [3.63, 3.8) is 0 Å². The molecule has 0 atom stereocenters. The molecule has 0 bridgehead atoms. The van der Waals surface area contributed by atoms with E-state index < -0.39 is 5.82 Å². The number of aryl methyl sites for hydroxylation is 3. The second kappa shape index (κ2) is 10.5. The summed E-state index contributed by atoms with van der Waals surface area (Å²) in [6.07, 6.45) is 2.53. The summed E-state index contributed by atoms with van der Waals surface area (Å²) in [4.78, 5) is 24.4. The lowest BCUT2D eigenvalue weighted by Crippen LogP contribution is -2.11. The van der Waals surface area contributed by atoms with Crippen LogP contribution >= 0.6 is 0 Å². The molecule has 2 aromatic carbocycles. The molecule has 0 unspecified atom stereocenters. The number of fused-ring (bicyclic) bond motifs is 1. The van der Waals surface area contributed by atoms with E-state index in [-0.39, 0.29) is 23.4 Å². The van der Waals surface area contributed by atoms with Crippen LogP contribution in [0.3, 0.4) is 0 Å². The number of hydrogen-bond donors (Lipinski definition) is 2. The van der Waals surface area contributed by atoms with Crippen molar-refractivity contribution in [1.82, 2.24) is 19.5 Å². The van der Waals surface area contributed by atoms with Crippen molar-refractivity contribution in [3.8, 4) is 40.2 Å². The van der Waals surface area contributed by atoms with Crippen LogP contribution in [0.2, 0.25) is 0 Å². The molecule has 3 aromatic heterocycles. The maximum absolute atomic E-state index is 13.6. The lowest BCUT2D eigenvalue weighted by atomic mass is 9.95. The number of nitriles is 1. The monoisotopic (exact) mass is 547 g/mol. The number of nitrogens with one attached hydrogen (secondary N) is 1. The highest BCUT2D eigenvalue weighted by Gasteiger charge is 2.24. The summed E-state index contributed by atoms with van der Waals surface area (Å²) in [7, 11) is 1.88. The van der Waals surface area contributed by atoms with Crippen molar-refractivity contribution in [2.45, 2.75) is 20.8 Å². The first kappa shape index (κ1) is 27.0. The van der Waals surface area contributed by atoms with E-state index in [0.717, 1.165) is 34.1 Å². The van der Waals surface area contributed by atoms with E-state index in [1.165, 1.54) is 13.1 Å². The van der Waals surface area contributed by atoms with Crippen molar-refractivity contribution in [2.24, 2.45) is 7.05 Å². The molecular formula is C31H26FN7O2. The quantitative estimate of drug-likeness (QED) is 0.241. The number of nitrogens with zero attached hydrogens (tertiary/aromatic N) is 5. The van der Waals surface area contributed by atoms with Crippen LogP contribution in [-0.4, -0.2) is 25.4 Å². The third-order valence-electron chi connectivity index (χ3n) is 6.74. The molecule has 0 saturated carbocycles. The Kier molecular flexibility index (Phi) is 6.95. The number of pyridine rings is 1. The molecular weight excluding hydrogens is 521 g/mol. The molecule has 3 heterocycles. The molecule has 0 saturated heterocycles. The van der Waals surface area contributed by atoms with Crippen LogP contribution in [0.1, 0.15) is 23.7 Å². The summed E-state index contributed by atoms with van der Waals surface area (Å²) in [5.74, 6) is -0.0300. The zero-order chi connectivity index (χ0) is 29.4. The number of benzene rings is 2.